The van der Waals surface area contributed by atoms with Gasteiger partial charge in [-0.15, -0.1) is 0 Å². The van der Waals surface area contributed by atoms with E-state index in [4.69, 9.17) is 22.1 Å². The summed E-state index contributed by atoms with van der Waals surface area (Å²) in [6, 6.07) is 4.53. The van der Waals surface area contributed by atoms with Crippen LogP contribution in [0.1, 0.15) is 12.5 Å². The molecule has 1 aromatic rings. The summed E-state index contributed by atoms with van der Waals surface area (Å²) in [5, 5.41) is 0.621. The van der Waals surface area contributed by atoms with Gasteiger partial charge in [-0.25, -0.2) is 0 Å². The Balaban J connectivity index is 3.08. The second kappa shape index (κ2) is 3.68. The molecule has 0 atom stereocenters. The Morgan fingerprint density at radius 3 is 2.92 bits per heavy atom. The molecule has 3 heteroatoms. The molecule has 0 amide bonds. The van der Waals surface area contributed by atoms with E-state index in [9.17, 15) is 0 Å². The molecular weight excluding hydrogens is 174 g/mol. The maximum atomic E-state index is 5.82. The first kappa shape index (κ1) is 9.20. The van der Waals surface area contributed by atoms with Gasteiger partial charge in [-0.1, -0.05) is 11.6 Å². The minimum absolute atomic E-state index is 0.573. The number of ether oxygens (including phenoxy) is 1. The number of halogens is 1. The smallest absolute Gasteiger partial charge is 0.150 e. The van der Waals surface area contributed by atoms with E-state index in [0.717, 1.165) is 5.56 Å². The lowest BCUT2D eigenvalue weighted by atomic mass is 10.2. The third-order valence-corrected chi connectivity index (χ3v) is 2.02. The zero-order valence-corrected chi connectivity index (χ0v) is 7.90. The van der Waals surface area contributed by atoms with Crippen molar-refractivity contribution < 1.29 is 4.74 Å². The fraction of sp³-hybridized carbons (Fsp3) is 0.333. The molecule has 1 radical (unpaired) electrons. The summed E-state index contributed by atoms with van der Waals surface area (Å²) >= 11 is 5.82. The van der Waals surface area contributed by atoms with Gasteiger partial charge in [-0.05, 0) is 25.5 Å². The number of benzene rings is 1. The average Bonchev–Trinajstić information content (AvgIpc) is 2.07. The molecule has 1 rings (SSSR count). The van der Waals surface area contributed by atoms with E-state index in [1.165, 1.54) is 0 Å². The van der Waals surface area contributed by atoms with Crippen LogP contribution in [0.25, 0.3) is 0 Å². The Hall–Kier alpha value is -0.890. The molecule has 1 aromatic carbocycles. The fourth-order valence-corrected chi connectivity index (χ4v) is 1.03. The standard InChI is InChI=1S/C9H11ClNO/c1-3-12-8-5-4-7(10)6(2)9(8)11/h4H,3,11H2,1-2H3. The highest BCUT2D eigenvalue weighted by atomic mass is 35.5. The maximum absolute atomic E-state index is 5.82. The molecule has 0 aromatic heterocycles. The van der Waals surface area contributed by atoms with Gasteiger partial charge in [0.15, 0.2) is 0 Å². The lowest BCUT2D eigenvalue weighted by Crippen LogP contribution is -1.99. The molecule has 65 valence electrons. The lowest BCUT2D eigenvalue weighted by Gasteiger charge is -2.08. The van der Waals surface area contributed by atoms with Crippen molar-refractivity contribution in [1.29, 1.82) is 0 Å². The van der Waals surface area contributed by atoms with E-state index in [2.05, 4.69) is 6.07 Å². The first-order chi connectivity index (χ1) is 5.66. The van der Waals surface area contributed by atoms with Crippen molar-refractivity contribution in [2.45, 2.75) is 13.8 Å². The molecule has 0 saturated heterocycles. The largest absolute Gasteiger partial charge is 0.491 e. The van der Waals surface area contributed by atoms with Gasteiger partial charge in [0.25, 0.3) is 0 Å². The molecule has 0 fully saturated rings. The zero-order chi connectivity index (χ0) is 9.14. The highest BCUT2D eigenvalue weighted by molar-refractivity contribution is 6.31. The first-order valence-corrected chi connectivity index (χ1v) is 4.13. The van der Waals surface area contributed by atoms with Gasteiger partial charge in [0.2, 0.25) is 0 Å². The highest BCUT2D eigenvalue weighted by Gasteiger charge is 2.05. The van der Waals surface area contributed by atoms with Gasteiger partial charge in [0.05, 0.1) is 12.3 Å². The summed E-state index contributed by atoms with van der Waals surface area (Å²) in [7, 11) is 0. The number of hydrogen-bond acceptors (Lipinski definition) is 2. The average molecular weight is 185 g/mol. The molecule has 0 spiro atoms. The Kier molecular flexibility index (Phi) is 2.82. The highest BCUT2D eigenvalue weighted by Crippen LogP contribution is 2.29. The first-order valence-electron chi connectivity index (χ1n) is 3.75. The maximum Gasteiger partial charge on any atom is 0.150 e. The van der Waals surface area contributed by atoms with Gasteiger partial charge < -0.3 is 10.5 Å². The van der Waals surface area contributed by atoms with Crippen LogP contribution in [0, 0.1) is 13.0 Å². The van der Waals surface area contributed by atoms with Gasteiger partial charge in [-0.3, -0.25) is 0 Å². The van der Waals surface area contributed by atoms with Crippen molar-refractivity contribution in [3.63, 3.8) is 0 Å². The van der Waals surface area contributed by atoms with Crippen LogP contribution in [-0.2, 0) is 0 Å². The van der Waals surface area contributed by atoms with Crippen LogP contribution in [-0.4, -0.2) is 6.61 Å². The van der Waals surface area contributed by atoms with Crippen LogP contribution in [0.4, 0.5) is 5.69 Å². The van der Waals surface area contributed by atoms with E-state index < -0.39 is 0 Å². The van der Waals surface area contributed by atoms with E-state index in [1.807, 2.05) is 13.8 Å². The predicted octanol–water partition coefficient (Wildman–Crippen LogP) is 2.43. The second-order valence-electron chi connectivity index (χ2n) is 2.44. The van der Waals surface area contributed by atoms with E-state index >= 15 is 0 Å². The van der Waals surface area contributed by atoms with Crippen molar-refractivity contribution in [3.8, 4) is 5.75 Å². The molecule has 0 bridgehead atoms. The summed E-state index contributed by atoms with van der Waals surface area (Å²) in [6.45, 7) is 4.34. The van der Waals surface area contributed by atoms with Crippen LogP contribution >= 0.6 is 11.6 Å². The molecule has 2 N–H and O–H groups in total. The summed E-state index contributed by atoms with van der Waals surface area (Å²) in [6.07, 6.45) is 0. The van der Waals surface area contributed by atoms with E-state index in [0.29, 0.717) is 23.1 Å². The summed E-state index contributed by atoms with van der Waals surface area (Å²) < 4.78 is 5.23. The Labute approximate surface area is 77.3 Å². The Morgan fingerprint density at radius 1 is 1.67 bits per heavy atom. The van der Waals surface area contributed by atoms with Crippen molar-refractivity contribution in [2.24, 2.45) is 0 Å². The minimum Gasteiger partial charge on any atom is -0.491 e. The number of rotatable bonds is 2. The second-order valence-corrected chi connectivity index (χ2v) is 2.84. The summed E-state index contributed by atoms with van der Waals surface area (Å²) in [4.78, 5) is 0. The SMILES string of the molecule is CCOc1[c]cc(Cl)c(C)c1N. The van der Waals surface area contributed by atoms with Crippen molar-refractivity contribution >= 4 is 17.3 Å². The molecule has 0 aliphatic rings. The number of nitrogen functional groups attached to an aromatic ring is 1. The third-order valence-electron chi connectivity index (χ3n) is 1.63. The molecule has 0 aliphatic heterocycles. The Morgan fingerprint density at radius 2 is 2.33 bits per heavy atom. The number of anilines is 1. The predicted molar refractivity (Wildman–Crippen MR) is 50.6 cm³/mol. The third kappa shape index (κ3) is 1.64. The van der Waals surface area contributed by atoms with Crippen molar-refractivity contribution in [2.75, 3.05) is 12.3 Å². The van der Waals surface area contributed by atoms with Crippen molar-refractivity contribution in [1.82, 2.24) is 0 Å². The molecule has 0 aliphatic carbocycles. The van der Waals surface area contributed by atoms with Crippen LogP contribution < -0.4 is 10.5 Å². The molecule has 0 saturated carbocycles. The molecule has 0 heterocycles. The lowest BCUT2D eigenvalue weighted by molar-refractivity contribution is 0.341. The van der Waals surface area contributed by atoms with Crippen molar-refractivity contribution in [3.05, 3.63) is 22.7 Å². The molecular formula is C9H11ClNO. The normalized spacial score (nSPS) is 9.92. The molecule has 2 nitrogen and oxygen atoms in total. The van der Waals surface area contributed by atoms with Gasteiger partial charge in [0, 0.05) is 11.1 Å². The zero-order valence-electron chi connectivity index (χ0n) is 7.15. The number of nitrogens with two attached hydrogens (primary N) is 1. The van der Waals surface area contributed by atoms with Crippen LogP contribution in [0.5, 0.6) is 5.75 Å². The van der Waals surface area contributed by atoms with Crippen LogP contribution in [0.15, 0.2) is 6.07 Å². The fourth-order valence-electron chi connectivity index (χ4n) is 0.878. The van der Waals surface area contributed by atoms with E-state index in [-0.39, 0.29) is 0 Å². The Bertz CT molecular complexity index is 286. The van der Waals surface area contributed by atoms with Gasteiger partial charge in [-0.2, -0.15) is 0 Å². The van der Waals surface area contributed by atoms with E-state index in [1.54, 1.807) is 6.07 Å². The van der Waals surface area contributed by atoms with Gasteiger partial charge in [0.1, 0.15) is 5.75 Å². The van der Waals surface area contributed by atoms with Crippen LogP contribution in [0.2, 0.25) is 5.02 Å². The molecule has 0 unspecified atom stereocenters. The molecule has 12 heavy (non-hydrogen) atoms. The van der Waals surface area contributed by atoms with Crippen LogP contribution in [0.3, 0.4) is 0 Å². The topological polar surface area (TPSA) is 35.2 Å². The quantitative estimate of drug-likeness (QED) is 0.717. The number of hydrogen-bond donors (Lipinski definition) is 1. The van der Waals surface area contributed by atoms with Gasteiger partial charge >= 0.3 is 0 Å². The summed E-state index contributed by atoms with van der Waals surface area (Å²) in [5.74, 6) is 0.583. The summed E-state index contributed by atoms with van der Waals surface area (Å²) in [5.41, 5.74) is 7.15. The minimum atomic E-state index is 0.573. The monoisotopic (exact) mass is 184 g/mol.